The second kappa shape index (κ2) is 4.98. The molecular weight excluding hydrogens is 306 g/mol. The van der Waals surface area contributed by atoms with Gasteiger partial charge in [-0.2, -0.15) is 0 Å². The molecule has 0 spiro atoms. The van der Waals surface area contributed by atoms with Crippen molar-refractivity contribution in [2.24, 2.45) is 0 Å². The highest BCUT2D eigenvalue weighted by Gasteiger charge is 2.45. The number of ether oxygens (including phenoxy) is 2. The molecule has 0 bridgehead atoms. The maximum absolute atomic E-state index is 6.10. The summed E-state index contributed by atoms with van der Waals surface area (Å²) >= 11 is 3.50. The molecule has 1 fully saturated rings. The molecule has 2 rings (SSSR count). The average Bonchev–Trinajstić information content (AvgIpc) is 2.45. The molecular formula is C15H22BrNO2. The van der Waals surface area contributed by atoms with Crippen molar-refractivity contribution in [3.8, 4) is 5.75 Å². The molecule has 1 atom stereocenters. The minimum absolute atomic E-state index is 0.0860. The molecule has 1 N–H and O–H groups in total. The molecule has 1 aromatic rings. The van der Waals surface area contributed by atoms with Gasteiger partial charge in [-0.3, -0.25) is 0 Å². The van der Waals surface area contributed by atoms with Crippen molar-refractivity contribution in [2.45, 2.75) is 51.4 Å². The lowest BCUT2D eigenvalue weighted by Gasteiger charge is -2.28. The Kier molecular flexibility index (Phi) is 3.85. The Hall–Kier alpha value is -0.740. The van der Waals surface area contributed by atoms with Crippen molar-refractivity contribution in [2.75, 3.05) is 12.4 Å². The fraction of sp³-hybridized carbons (Fsp3) is 0.600. The van der Waals surface area contributed by atoms with Gasteiger partial charge in [0, 0.05) is 16.2 Å². The Balaban J connectivity index is 2.19. The van der Waals surface area contributed by atoms with E-state index in [0.717, 1.165) is 22.3 Å². The van der Waals surface area contributed by atoms with Crippen molar-refractivity contribution < 1.29 is 9.47 Å². The molecule has 4 heteroatoms. The maximum Gasteiger partial charge on any atom is 0.122 e. The normalized spacial score (nSPS) is 24.2. The van der Waals surface area contributed by atoms with Crippen LogP contribution in [0.4, 0.5) is 5.69 Å². The molecule has 1 heterocycles. The smallest absolute Gasteiger partial charge is 0.122 e. The third kappa shape index (κ3) is 3.42. The van der Waals surface area contributed by atoms with Gasteiger partial charge >= 0.3 is 0 Å². The molecule has 1 saturated heterocycles. The van der Waals surface area contributed by atoms with Crippen molar-refractivity contribution >= 4 is 21.6 Å². The zero-order valence-corrected chi connectivity index (χ0v) is 13.8. The lowest BCUT2D eigenvalue weighted by atomic mass is 9.94. The van der Waals surface area contributed by atoms with Gasteiger partial charge in [-0.15, -0.1) is 0 Å². The lowest BCUT2D eigenvalue weighted by molar-refractivity contribution is -0.0662. The van der Waals surface area contributed by atoms with Crippen LogP contribution in [-0.4, -0.2) is 24.4 Å². The summed E-state index contributed by atoms with van der Waals surface area (Å²) in [4.78, 5) is 0. The third-order valence-corrected chi connectivity index (χ3v) is 3.98. The van der Waals surface area contributed by atoms with Crippen molar-refractivity contribution in [1.82, 2.24) is 0 Å². The van der Waals surface area contributed by atoms with Gasteiger partial charge in [0.25, 0.3) is 0 Å². The zero-order chi connectivity index (χ0) is 14.3. The summed E-state index contributed by atoms with van der Waals surface area (Å²) < 4.78 is 12.4. The monoisotopic (exact) mass is 327 g/mol. The van der Waals surface area contributed by atoms with Crippen LogP contribution in [0.3, 0.4) is 0 Å². The van der Waals surface area contributed by atoms with Crippen LogP contribution in [-0.2, 0) is 4.74 Å². The molecule has 3 nitrogen and oxygen atoms in total. The minimum atomic E-state index is -0.181. The van der Waals surface area contributed by atoms with E-state index < -0.39 is 0 Å². The predicted molar refractivity (Wildman–Crippen MR) is 82.0 cm³/mol. The molecule has 0 radical (unpaired) electrons. The van der Waals surface area contributed by atoms with E-state index in [0.29, 0.717) is 0 Å². The Morgan fingerprint density at radius 1 is 1.26 bits per heavy atom. The topological polar surface area (TPSA) is 30.5 Å². The van der Waals surface area contributed by atoms with Crippen LogP contribution < -0.4 is 10.1 Å². The molecule has 0 aliphatic carbocycles. The third-order valence-electron chi connectivity index (χ3n) is 3.52. The number of nitrogens with one attached hydrogen (secondary N) is 1. The molecule has 1 unspecified atom stereocenters. The van der Waals surface area contributed by atoms with E-state index in [1.54, 1.807) is 7.11 Å². The molecule has 0 amide bonds. The Morgan fingerprint density at radius 2 is 1.95 bits per heavy atom. The van der Waals surface area contributed by atoms with Crippen LogP contribution in [0.15, 0.2) is 22.7 Å². The van der Waals surface area contributed by atoms with Gasteiger partial charge in [0.05, 0.1) is 24.4 Å². The van der Waals surface area contributed by atoms with Gasteiger partial charge in [-0.1, -0.05) is 15.9 Å². The first-order valence-corrected chi connectivity index (χ1v) is 7.32. The maximum atomic E-state index is 6.10. The number of hydrogen-bond acceptors (Lipinski definition) is 3. The molecule has 0 aromatic heterocycles. The largest absolute Gasteiger partial charge is 0.497 e. The number of hydrogen-bond donors (Lipinski definition) is 1. The van der Waals surface area contributed by atoms with Gasteiger partial charge in [0.15, 0.2) is 0 Å². The zero-order valence-electron chi connectivity index (χ0n) is 12.2. The first-order chi connectivity index (χ1) is 8.72. The number of methoxy groups -OCH3 is 1. The summed E-state index contributed by atoms with van der Waals surface area (Å²) in [6.07, 6.45) is 0.981. The predicted octanol–water partition coefficient (Wildman–Crippen LogP) is 4.22. The fourth-order valence-corrected chi connectivity index (χ4v) is 3.22. The molecule has 1 aromatic carbocycles. The lowest BCUT2D eigenvalue weighted by Crippen LogP contribution is -2.38. The van der Waals surface area contributed by atoms with E-state index in [4.69, 9.17) is 9.47 Å². The standard InChI is InChI=1S/C15H22BrNO2/c1-14(2)9-13(15(3,4)19-14)17-11-6-10(16)7-12(8-11)18-5/h6-8,13,17H,9H2,1-5H3. The van der Waals surface area contributed by atoms with E-state index in [2.05, 4.69) is 55.0 Å². The number of anilines is 1. The highest BCUT2D eigenvalue weighted by atomic mass is 79.9. The number of rotatable bonds is 3. The first kappa shape index (κ1) is 14.7. The van der Waals surface area contributed by atoms with E-state index in [9.17, 15) is 0 Å². The highest BCUT2D eigenvalue weighted by molar-refractivity contribution is 9.10. The molecule has 1 aliphatic heterocycles. The second-order valence-electron chi connectivity index (χ2n) is 6.25. The van der Waals surface area contributed by atoms with E-state index in [1.165, 1.54) is 0 Å². The molecule has 1 aliphatic rings. The van der Waals surface area contributed by atoms with Gasteiger partial charge in [0.2, 0.25) is 0 Å². The van der Waals surface area contributed by atoms with Crippen LogP contribution >= 0.6 is 15.9 Å². The Labute approximate surface area is 123 Å². The van der Waals surface area contributed by atoms with Crippen LogP contribution in [0.2, 0.25) is 0 Å². The summed E-state index contributed by atoms with van der Waals surface area (Å²) in [6, 6.07) is 6.29. The van der Waals surface area contributed by atoms with E-state index in [1.807, 2.05) is 12.1 Å². The highest BCUT2D eigenvalue weighted by Crippen LogP contribution is 2.39. The van der Waals surface area contributed by atoms with E-state index in [-0.39, 0.29) is 17.2 Å². The van der Waals surface area contributed by atoms with Crippen LogP contribution in [0, 0.1) is 0 Å². The van der Waals surface area contributed by atoms with Crippen molar-refractivity contribution in [3.63, 3.8) is 0 Å². The van der Waals surface area contributed by atoms with Crippen LogP contribution in [0.5, 0.6) is 5.75 Å². The number of halogens is 1. The van der Waals surface area contributed by atoms with Gasteiger partial charge in [0.1, 0.15) is 5.75 Å². The Morgan fingerprint density at radius 3 is 2.47 bits per heavy atom. The minimum Gasteiger partial charge on any atom is -0.497 e. The van der Waals surface area contributed by atoms with Gasteiger partial charge in [-0.05, 0) is 46.2 Å². The summed E-state index contributed by atoms with van der Waals surface area (Å²) in [6.45, 7) is 8.54. The van der Waals surface area contributed by atoms with Crippen LogP contribution in [0.25, 0.3) is 0 Å². The molecule has 106 valence electrons. The average molecular weight is 328 g/mol. The summed E-state index contributed by atoms with van der Waals surface area (Å²) in [5.41, 5.74) is 0.779. The van der Waals surface area contributed by atoms with E-state index >= 15 is 0 Å². The van der Waals surface area contributed by atoms with Gasteiger partial charge in [-0.25, -0.2) is 0 Å². The fourth-order valence-electron chi connectivity index (χ4n) is 2.75. The first-order valence-electron chi connectivity index (χ1n) is 6.53. The van der Waals surface area contributed by atoms with Crippen molar-refractivity contribution in [1.29, 1.82) is 0 Å². The summed E-state index contributed by atoms with van der Waals surface area (Å²) in [5, 5.41) is 3.57. The SMILES string of the molecule is COc1cc(Br)cc(NC2CC(C)(C)OC2(C)C)c1. The number of benzene rings is 1. The van der Waals surface area contributed by atoms with Crippen molar-refractivity contribution in [3.05, 3.63) is 22.7 Å². The molecule has 19 heavy (non-hydrogen) atoms. The Bertz CT molecular complexity index is 471. The second-order valence-corrected chi connectivity index (χ2v) is 7.16. The summed E-state index contributed by atoms with van der Waals surface area (Å²) in [7, 11) is 1.68. The van der Waals surface area contributed by atoms with Crippen LogP contribution in [0.1, 0.15) is 34.1 Å². The quantitative estimate of drug-likeness (QED) is 0.901. The van der Waals surface area contributed by atoms with Gasteiger partial charge < -0.3 is 14.8 Å². The molecule has 0 saturated carbocycles. The summed E-state index contributed by atoms with van der Waals surface area (Å²) in [5.74, 6) is 0.841.